The number of hydrogen-bond donors (Lipinski definition) is 1. The van der Waals surface area contributed by atoms with Crippen molar-refractivity contribution >= 4 is 0 Å². The zero-order chi connectivity index (χ0) is 13.8. The van der Waals surface area contributed by atoms with Gasteiger partial charge in [0, 0.05) is 12.6 Å². The molecule has 19 heavy (non-hydrogen) atoms. The summed E-state index contributed by atoms with van der Waals surface area (Å²) in [6.07, 6.45) is 3.51. The van der Waals surface area contributed by atoms with Gasteiger partial charge < -0.3 is 15.2 Å². The average molecular weight is 263 g/mol. The molecule has 3 heteroatoms. The molecule has 0 radical (unpaired) electrons. The first-order chi connectivity index (χ1) is 9.15. The van der Waals surface area contributed by atoms with Crippen molar-refractivity contribution in [2.75, 3.05) is 13.7 Å². The lowest BCUT2D eigenvalue weighted by atomic mass is 9.97. The Balaban J connectivity index is 2.08. The van der Waals surface area contributed by atoms with Crippen molar-refractivity contribution in [3.8, 4) is 5.75 Å². The molecule has 2 unspecified atom stereocenters. The summed E-state index contributed by atoms with van der Waals surface area (Å²) >= 11 is 0. The standard InChI is InChI=1S/C16H25NO2/c1-4-19-16(12-6-7-12)14(17)10-13-9-11(2)5-8-15(13)18-3/h5,8-9,12,14,16H,4,6-7,10,17H2,1-3H3. The van der Waals surface area contributed by atoms with E-state index in [1.807, 2.05) is 13.0 Å². The van der Waals surface area contributed by atoms with Gasteiger partial charge in [0.1, 0.15) is 5.75 Å². The van der Waals surface area contributed by atoms with Gasteiger partial charge in [-0.1, -0.05) is 17.7 Å². The van der Waals surface area contributed by atoms with Crippen LogP contribution in [0.3, 0.4) is 0 Å². The second-order valence-electron chi connectivity index (χ2n) is 5.44. The lowest BCUT2D eigenvalue weighted by molar-refractivity contribution is 0.0287. The van der Waals surface area contributed by atoms with Gasteiger partial charge in [0.05, 0.1) is 13.2 Å². The van der Waals surface area contributed by atoms with Crippen LogP contribution < -0.4 is 10.5 Å². The Morgan fingerprint density at radius 2 is 2.11 bits per heavy atom. The molecule has 3 nitrogen and oxygen atoms in total. The fraction of sp³-hybridized carbons (Fsp3) is 0.625. The number of hydrogen-bond acceptors (Lipinski definition) is 3. The summed E-state index contributed by atoms with van der Waals surface area (Å²) in [5.74, 6) is 1.58. The Bertz CT molecular complexity index is 415. The Labute approximate surface area is 116 Å². The predicted molar refractivity (Wildman–Crippen MR) is 77.5 cm³/mol. The zero-order valence-electron chi connectivity index (χ0n) is 12.2. The minimum Gasteiger partial charge on any atom is -0.496 e. The molecular weight excluding hydrogens is 238 g/mol. The van der Waals surface area contributed by atoms with Gasteiger partial charge >= 0.3 is 0 Å². The predicted octanol–water partition coefficient (Wildman–Crippen LogP) is 2.69. The zero-order valence-corrected chi connectivity index (χ0v) is 12.2. The van der Waals surface area contributed by atoms with Crippen LogP contribution in [0.25, 0.3) is 0 Å². The van der Waals surface area contributed by atoms with Crippen LogP contribution in [0.2, 0.25) is 0 Å². The fourth-order valence-corrected chi connectivity index (χ4v) is 2.66. The molecule has 2 N–H and O–H groups in total. The highest BCUT2D eigenvalue weighted by atomic mass is 16.5. The van der Waals surface area contributed by atoms with Gasteiger partial charge in [0.15, 0.2) is 0 Å². The summed E-state index contributed by atoms with van der Waals surface area (Å²) in [6.45, 7) is 4.87. The third-order valence-corrected chi connectivity index (χ3v) is 3.76. The van der Waals surface area contributed by atoms with Gasteiger partial charge in [-0.25, -0.2) is 0 Å². The van der Waals surface area contributed by atoms with E-state index in [4.69, 9.17) is 15.2 Å². The van der Waals surface area contributed by atoms with Gasteiger partial charge in [-0.3, -0.25) is 0 Å². The van der Waals surface area contributed by atoms with Gasteiger partial charge in [-0.05, 0) is 50.7 Å². The molecule has 2 rings (SSSR count). The third-order valence-electron chi connectivity index (χ3n) is 3.76. The second kappa shape index (κ2) is 6.40. The van der Waals surface area contributed by atoms with E-state index in [-0.39, 0.29) is 12.1 Å². The fourth-order valence-electron chi connectivity index (χ4n) is 2.66. The maximum atomic E-state index is 6.37. The van der Waals surface area contributed by atoms with Gasteiger partial charge in [-0.2, -0.15) is 0 Å². The number of methoxy groups -OCH3 is 1. The van der Waals surface area contributed by atoms with Crippen molar-refractivity contribution in [2.45, 2.75) is 45.3 Å². The van der Waals surface area contributed by atoms with Gasteiger partial charge in [0.25, 0.3) is 0 Å². The number of ether oxygens (including phenoxy) is 2. The van der Waals surface area contributed by atoms with Crippen molar-refractivity contribution in [3.63, 3.8) is 0 Å². The summed E-state index contributed by atoms with van der Waals surface area (Å²) in [5, 5.41) is 0. The number of rotatable bonds is 7. The van der Waals surface area contributed by atoms with Gasteiger partial charge in [-0.15, -0.1) is 0 Å². The molecule has 0 heterocycles. The summed E-state index contributed by atoms with van der Waals surface area (Å²) < 4.78 is 11.3. The van der Waals surface area contributed by atoms with Crippen LogP contribution in [0.5, 0.6) is 5.75 Å². The van der Waals surface area contributed by atoms with Crippen molar-refractivity contribution < 1.29 is 9.47 Å². The van der Waals surface area contributed by atoms with E-state index >= 15 is 0 Å². The Morgan fingerprint density at radius 3 is 2.68 bits per heavy atom. The topological polar surface area (TPSA) is 44.5 Å². The smallest absolute Gasteiger partial charge is 0.122 e. The van der Waals surface area contributed by atoms with Crippen LogP contribution in [-0.4, -0.2) is 25.9 Å². The first kappa shape index (κ1) is 14.4. The quantitative estimate of drug-likeness (QED) is 0.822. The highest BCUT2D eigenvalue weighted by Crippen LogP contribution is 2.36. The molecule has 2 atom stereocenters. The van der Waals surface area contributed by atoms with E-state index in [1.165, 1.54) is 24.0 Å². The highest BCUT2D eigenvalue weighted by molar-refractivity contribution is 5.37. The van der Waals surface area contributed by atoms with E-state index in [1.54, 1.807) is 7.11 Å². The maximum Gasteiger partial charge on any atom is 0.122 e. The molecule has 106 valence electrons. The first-order valence-electron chi connectivity index (χ1n) is 7.16. The maximum absolute atomic E-state index is 6.37. The Morgan fingerprint density at radius 1 is 1.37 bits per heavy atom. The highest BCUT2D eigenvalue weighted by Gasteiger charge is 2.35. The van der Waals surface area contributed by atoms with E-state index in [9.17, 15) is 0 Å². The molecule has 1 aliphatic carbocycles. The Hall–Kier alpha value is -1.06. The third kappa shape index (κ3) is 3.71. The van der Waals surface area contributed by atoms with Crippen molar-refractivity contribution in [2.24, 2.45) is 11.7 Å². The van der Waals surface area contributed by atoms with Gasteiger partial charge in [0.2, 0.25) is 0 Å². The minimum atomic E-state index is 0.0446. The van der Waals surface area contributed by atoms with E-state index in [0.29, 0.717) is 5.92 Å². The molecule has 0 spiro atoms. The monoisotopic (exact) mass is 263 g/mol. The first-order valence-corrected chi connectivity index (χ1v) is 7.16. The lowest BCUT2D eigenvalue weighted by Crippen LogP contribution is -2.40. The molecule has 1 saturated carbocycles. The van der Waals surface area contributed by atoms with E-state index in [2.05, 4.69) is 19.1 Å². The van der Waals surface area contributed by atoms with Crippen LogP contribution in [0, 0.1) is 12.8 Å². The number of nitrogens with two attached hydrogens (primary N) is 1. The summed E-state index contributed by atoms with van der Waals surface area (Å²) in [5.41, 5.74) is 8.79. The van der Waals surface area contributed by atoms with Crippen molar-refractivity contribution in [1.29, 1.82) is 0 Å². The molecule has 0 bridgehead atoms. The molecule has 1 fully saturated rings. The summed E-state index contributed by atoms with van der Waals surface area (Å²) in [6, 6.07) is 6.29. The van der Waals surface area contributed by atoms with E-state index < -0.39 is 0 Å². The number of benzene rings is 1. The van der Waals surface area contributed by atoms with E-state index in [0.717, 1.165) is 18.8 Å². The van der Waals surface area contributed by atoms with Crippen LogP contribution >= 0.6 is 0 Å². The molecule has 0 aliphatic heterocycles. The molecule has 0 saturated heterocycles. The molecular formula is C16H25NO2. The number of aryl methyl sites for hydroxylation is 1. The molecule has 1 aromatic carbocycles. The summed E-state index contributed by atoms with van der Waals surface area (Å²) in [7, 11) is 1.71. The van der Waals surface area contributed by atoms with Crippen molar-refractivity contribution in [1.82, 2.24) is 0 Å². The Kier molecular flexibility index (Phi) is 4.83. The molecule has 1 aromatic rings. The molecule has 0 aromatic heterocycles. The van der Waals surface area contributed by atoms with Crippen LogP contribution in [-0.2, 0) is 11.2 Å². The largest absolute Gasteiger partial charge is 0.496 e. The van der Waals surface area contributed by atoms with Crippen LogP contribution in [0.15, 0.2) is 18.2 Å². The normalized spacial score (nSPS) is 18.1. The minimum absolute atomic E-state index is 0.0446. The SMILES string of the molecule is CCOC(C(N)Cc1cc(C)ccc1OC)C1CC1. The van der Waals surface area contributed by atoms with Crippen LogP contribution in [0.4, 0.5) is 0 Å². The molecule has 1 aliphatic rings. The second-order valence-corrected chi connectivity index (χ2v) is 5.44. The molecule has 0 amide bonds. The van der Waals surface area contributed by atoms with Crippen molar-refractivity contribution in [3.05, 3.63) is 29.3 Å². The lowest BCUT2D eigenvalue weighted by Gasteiger charge is -2.24. The average Bonchev–Trinajstić information content (AvgIpc) is 3.20. The van der Waals surface area contributed by atoms with Crippen LogP contribution in [0.1, 0.15) is 30.9 Å². The summed E-state index contributed by atoms with van der Waals surface area (Å²) in [4.78, 5) is 0.